The highest BCUT2D eigenvalue weighted by atomic mass is 35.5. The van der Waals surface area contributed by atoms with Crippen LogP contribution in [0.25, 0.3) is 0 Å². The second-order valence-corrected chi connectivity index (χ2v) is 22.6. The molecule has 1 amide bonds. The van der Waals surface area contributed by atoms with Crippen LogP contribution in [0.4, 0.5) is 0 Å². The monoisotopic (exact) mass is 902 g/mol. The highest BCUT2D eigenvalue weighted by Gasteiger charge is 2.72. The van der Waals surface area contributed by atoms with Gasteiger partial charge in [0.2, 0.25) is 5.91 Å². The lowest BCUT2D eigenvalue weighted by atomic mass is 9.32. The second-order valence-electron chi connectivity index (χ2n) is 22.2. The van der Waals surface area contributed by atoms with Gasteiger partial charge >= 0.3 is 0 Å². The third-order valence-corrected chi connectivity index (χ3v) is 19.5. The number of ether oxygens (including phenoxy) is 4. The average molecular weight is 903 g/mol. The minimum Gasteiger partial charge on any atom is -0.396 e. The van der Waals surface area contributed by atoms with Crippen LogP contribution in [0.3, 0.4) is 0 Å². The summed E-state index contributed by atoms with van der Waals surface area (Å²) in [7, 11) is 0. The van der Waals surface area contributed by atoms with Crippen LogP contribution >= 0.6 is 11.6 Å². The molecule has 0 bridgehead atoms. The van der Waals surface area contributed by atoms with E-state index in [9.17, 15) is 35.4 Å². The fraction of sp³-hybridized carbons (Fsp3) is 0.820. The first-order chi connectivity index (χ1) is 29.8. The Kier molecular flexibility index (Phi) is 13.5. The summed E-state index contributed by atoms with van der Waals surface area (Å²) in [5.41, 5.74) is 1.26. The number of rotatable bonds is 11. The summed E-state index contributed by atoms with van der Waals surface area (Å²) >= 11 is 6.11. The van der Waals surface area contributed by atoms with E-state index in [0.29, 0.717) is 30.7 Å². The van der Waals surface area contributed by atoms with Gasteiger partial charge < -0.3 is 54.9 Å². The molecule has 7 fully saturated rings. The van der Waals surface area contributed by atoms with Gasteiger partial charge in [-0.2, -0.15) is 0 Å². The van der Waals surface area contributed by atoms with E-state index < -0.39 is 72.2 Å². The molecule has 0 radical (unpaired) electrons. The third-order valence-electron chi connectivity index (χ3n) is 19.3. The molecule has 2 aliphatic heterocycles. The lowest BCUT2D eigenvalue weighted by Gasteiger charge is -2.73. The van der Waals surface area contributed by atoms with E-state index >= 15 is 0 Å². The van der Waals surface area contributed by atoms with Crippen molar-refractivity contribution in [2.45, 2.75) is 180 Å². The van der Waals surface area contributed by atoms with E-state index in [4.69, 9.17) is 30.5 Å². The number of halogens is 1. The van der Waals surface area contributed by atoms with Crippen LogP contribution in [-0.2, 0) is 30.2 Å². The highest BCUT2D eigenvalue weighted by Crippen LogP contribution is 2.77. The largest absolute Gasteiger partial charge is 0.396 e. The molecule has 354 valence electrons. The lowest BCUT2D eigenvalue weighted by molar-refractivity contribution is -0.366. The number of carbonyl (C=O) groups excluding carboxylic acids is 1. The molecule has 2 saturated heterocycles. The maximum Gasteiger partial charge on any atom is 0.226 e. The third kappa shape index (κ3) is 7.79. The minimum absolute atomic E-state index is 0.0104. The number of hydrogen-bond acceptors (Lipinski definition) is 11. The van der Waals surface area contributed by atoms with Gasteiger partial charge in [-0.25, -0.2) is 0 Å². The molecule has 7 N–H and O–H groups in total. The topological polar surface area (TPSA) is 187 Å². The zero-order chi connectivity index (χ0) is 45.4. The van der Waals surface area contributed by atoms with Gasteiger partial charge in [-0.3, -0.25) is 4.79 Å². The fourth-order valence-corrected chi connectivity index (χ4v) is 15.7. The normalized spacial score (nSPS) is 49.5. The number of aryl methyl sites for hydroxylation is 1. The van der Waals surface area contributed by atoms with Crippen LogP contribution in [0.15, 0.2) is 36.4 Å². The fourth-order valence-electron chi connectivity index (χ4n) is 15.6. The molecule has 8 rings (SSSR count). The van der Waals surface area contributed by atoms with Crippen molar-refractivity contribution in [3.63, 3.8) is 0 Å². The number of amides is 1. The van der Waals surface area contributed by atoms with Gasteiger partial charge in [0.15, 0.2) is 12.6 Å². The summed E-state index contributed by atoms with van der Waals surface area (Å²) in [5, 5.41) is 69.0. The first-order valence-corrected chi connectivity index (χ1v) is 24.4. The zero-order valence-electron chi connectivity index (χ0n) is 38.4. The molecule has 1 aromatic rings. The van der Waals surface area contributed by atoms with Gasteiger partial charge in [-0.05, 0) is 154 Å². The number of fused-ring (bicyclic) bond motifs is 7. The molecule has 1 aromatic carbocycles. The van der Waals surface area contributed by atoms with Gasteiger partial charge in [0.25, 0.3) is 0 Å². The SMILES string of the molecule is C=C(C)[C@@H]1CC[C@]2(C(=O)NCCCc3ccc(Cl)cc3)CC[C@]3(C)[C@H](CC[C@@H]4[C@@]5(C)CC[C@H](O[C@@H]6OC[C@H](O)[C@H](O)[C@H]6O[C@@H]6O[C@@H](C)[C@H](O)[C@@H](O)[C@H]6O)[C@@](C)(CO)[C@@H]5CC[C@]43C)[C@@H]12. The Morgan fingerprint density at radius 1 is 0.841 bits per heavy atom. The molecule has 63 heavy (non-hydrogen) atoms. The van der Waals surface area contributed by atoms with E-state index in [-0.39, 0.29) is 47.2 Å². The molecule has 2 heterocycles. The Hall–Kier alpha value is -1.68. The molecule has 0 unspecified atom stereocenters. The van der Waals surface area contributed by atoms with Crippen LogP contribution in [0, 0.1) is 56.7 Å². The summed E-state index contributed by atoms with van der Waals surface area (Å²) in [6.07, 6.45) is -1.39. The first-order valence-electron chi connectivity index (χ1n) is 24.0. The summed E-state index contributed by atoms with van der Waals surface area (Å²) < 4.78 is 24.5. The Morgan fingerprint density at radius 3 is 2.27 bits per heavy atom. The van der Waals surface area contributed by atoms with Gasteiger partial charge in [-0.15, -0.1) is 0 Å². The van der Waals surface area contributed by atoms with Gasteiger partial charge in [0, 0.05) is 17.0 Å². The van der Waals surface area contributed by atoms with Crippen LogP contribution in [0.5, 0.6) is 0 Å². The molecule has 12 nitrogen and oxygen atoms in total. The van der Waals surface area contributed by atoms with E-state index in [1.807, 2.05) is 12.1 Å². The number of aliphatic hydroxyl groups excluding tert-OH is 6. The summed E-state index contributed by atoms with van der Waals surface area (Å²) in [4.78, 5) is 14.6. The summed E-state index contributed by atoms with van der Waals surface area (Å²) in [6, 6.07) is 7.96. The highest BCUT2D eigenvalue weighted by molar-refractivity contribution is 6.30. The van der Waals surface area contributed by atoms with Crippen molar-refractivity contribution in [1.29, 1.82) is 0 Å². The quantitative estimate of drug-likeness (QED) is 0.0822. The number of hydrogen-bond donors (Lipinski definition) is 7. The maximum absolute atomic E-state index is 14.6. The van der Waals surface area contributed by atoms with E-state index in [2.05, 4.69) is 58.6 Å². The molecular weight excluding hydrogens is 826 g/mol. The van der Waals surface area contributed by atoms with Crippen LogP contribution in [-0.4, -0.2) is 118 Å². The van der Waals surface area contributed by atoms with Crippen LogP contribution in [0.1, 0.15) is 118 Å². The maximum atomic E-state index is 14.6. The predicted molar refractivity (Wildman–Crippen MR) is 237 cm³/mol. The average Bonchev–Trinajstić information content (AvgIpc) is 3.66. The molecule has 5 saturated carbocycles. The van der Waals surface area contributed by atoms with Gasteiger partial charge in [0.05, 0.1) is 30.8 Å². The summed E-state index contributed by atoms with van der Waals surface area (Å²) in [5.74, 6) is 1.69. The minimum atomic E-state index is -1.62. The van der Waals surface area contributed by atoms with Crippen molar-refractivity contribution in [2.24, 2.45) is 56.7 Å². The van der Waals surface area contributed by atoms with Crippen molar-refractivity contribution in [1.82, 2.24) is 5.32 Å². The van der Waals surface area contributed by atoms with Crippen molar-refractivity contribution in [3.05, 3.63) is 47.0 Å². The van der Waals surface area contributed by atoms with Crippen molar-refractivity contribution < 1.29 is 54.4 Å². The Labute approximate surface area is 379 Å². The molecule has 5 aliphatic carbocycles. The number of allylic oxidation sites excluding steroid dienone is 1. The van der Waals surface area contributed by atoms with Crippen molar-refractivity contribution >= 4 is 17.5 Å². The number of nitrogens with one attached hydrogen (secondary N) is 1. The standard InChI is InChI=1S/C50H76ClNO11/c1-27(2)31-16-21-50(45(59)52-24-8-9-29-10-12-30(51)13-11-29)23-22-48(6)32(37(31)50)14-15-35-46(4)19-18-36(47(5,26-53)34(46)17-20-49(35,48)7)62-44-42(39(56)33(54)25-60-44)63-43-41(58)40(57)38(55)28(3)61-43/h10-13,28,31-44,53-58H,1,8-9,14-26H2,2-7H3,(H,52,59)/t28-,31-,32+,33-,34+,35+,36-,37+,38-,39-,40+,41+,42+,43-,44-,46-,47-,48+,49+,50-/m0/s1. The Bertz CT molecular complexity index is 1820. The summed E-state index contributed by atoms with van der Waals surface area (Å²) in [6.45, 7) is 18.3. The van der Waals surface area contributed by atoms with Crippen LogP contribution < -0.4 is 5.32 Å². The Balaban J connectivity index is 0.997. The molecule has 7 aliphatic rings. The number of benzene rings is 1. The van der Waals surface area contributed by atoms with E-state index in [1.54, 1.807) is 6.92 Å². The van der Waals surface area contributed by atoms with Crippen molar-refractivity contribution in [2.75, 3.05) is 19.8 Å². The van der Waals surface area contributed by atoms with E-state index in [0.717, 1.165) is 75.7 Å². The smallest absolute Gasteiger partial charge is 0.226 e. The van der Waals surface area contributed by atoms with Crippen molar-refractivity contribution in [3.8, 4) is 0 Å². The Morgan fingerprint density at radius 2 is 1.57 bits per heavy atom. The molecule has 13 heteroatoms. The zero-order valence-corrected chi connectivity index (χ0v) is 39.1. The lowest BCUT2D eigenvalue weighted by Crippen LogP contribution is -2.68. The first kappa shape index (κ1) is 47.8. The predicted octanol–water partition coefficient (Wildman–Crippen LogP) is 5.69. The number of carbonyl (C=O) groups is 1. The molecule has 0 spiro atoms. The molecular formula is C50H76ClNO11. The second kappa shape index (κ2) is 17.8. The van der Waals surface area contributed by atoms with Gasteiger partial charge in [-0.1, -0.05) is 63.6 Å². The van der Waals surface area contributed by atoms with E-state index in [1.165, 1.54) is 11.1 Å². The van der Waals surface area contributed by atoms with Gasteiger partial charge in [0.1, 0.15) is 36.6 Å². The molecule has 20 atom stereocenters. The van der Waals surface area contributed by atoms with Crippen LogP contribution in [0.2, 0.25) is 5.02 Å². The number of aliphatic hydroxyl groups is 6. The molecule has 0 aromatic heterocycles.